The van der Waals surface area contributed by atoms with Gasteiger partial charge < -0.3 is 0 Å². The van der Waals surface area contributed by atoms with E-state index in [9.17, 15) is 22.4 Å². The van der Waals surface area contributed by atoms with Crippen LogP contribution in [0.25, 0.3) is 0 Å². The summed E-state index contributed by atoms with van der Waals surface area (Å²) in [4.78, 5) is 11.9. The number of carbonyl (C=O) groups excluding carboxylic acids is 1. The van der Waals surface area contributed by atoms with Gasteiger partial charge in [-0.05, 0) is 24.3 Å². The largest absolute Gasteiger partial charge is 0.288 e. The minimum Gasteiger partial charge on any atom is -0.288 e. The van der Waals surface area contributed by atoms with Crippen LogP contribution in [0, 0.1) is 23.3 Å². The van der Waals surface area contributed by atoms with E-state index in [-0.39, 0.29) is 4.47 Å². The van der Waals surface area contributed by atoms with Crippen LogP contribution in [0.5, 0.6) is 0 Å². The number of halogens is 5. The second kappa shape index (κ2) is 5.13. The molecule has 0 aromatic heterocycles. The molecular weight excluding hydrogens is 328 g/mol. The van der Waals surface area contributed by atoms with Gasteiger partial charge in [-0.2, -0.15) is 0 Å². The van der Waals surface area contributed by atoms with Crippen LogP contribution in [0.1, 0.15) is 15.9 Å². The van der Waals surface area contributed by atoms with Crippen LogP contribution >= 0.6 is 15.9 Å². The van der Waals surface area contributed by atoms with Crippen LogP contribution in [0.2, 0.25) is 0 Å². The molecule has 0 saturated heterocycles. The summed E-state index contributed by atoms with van der Waals surface area (Å²) < 4.78 is 53.7. The zero-order valence-corrected chi connectivity index (χ0v) is 10.8. The first-order valence-corrected chi connectivity index (χ1v) is 5.84. The zero-order chi connectivity index (χ0) is 14.2. The van der Waals surface area contributed by atoms with Crippen LogP contribution in [-0.4, -0.2) is 5.78 Å². The Bertz CT molecular complexity index is 647. The van der Waals surface area contributed by atoms with Crippen molar-refractivity contribution in [2.24, 2.45) is 0 Å². The molecule has 6 heteroatoms. The minimum absolute atomic E-state index is 0.0961. The smallest absolute Gasteiger partial charge is 0.201 e. The Labute approximate surface area is 114 Å². The molecular formula is C13H5BrF4O. The average molecular weight is 333 g/mol. The Morgan fingerprint density at radius 1 is 0.947 bits per heavy atom. The van der Waals surface area contributed by atoms with E-state index in [1.54, 1.807) is 0 Å². The summed E-state index contributed by atoms with van der Waals surface area (Å²) in [5, 5.41) is 0. The van der Waals surface area contributed by atoms with E-state index in [0.29, 0.717) is 0 Å². The van der Waals surface area contributed by atoms with Gasteiger partial charge in [-0.1, -0.05) is 22.0 Å². The number of benzene rings is 2. The summed E-state index contributed by atoms with van der Waals surface area (Å²) in [5.41, 5.74) is -1.65. The molecule has 2 rings (SSSR count). The Morgan fingerprint density at radius 3 is 2.11 bits per heavy atom. The fourth-order valence-corrected chi connectivity index (χ4v) is 1.97. The quantitative estimate of drug-likeness (QED) is 0.594. The molecule has 0 fully saturated rings. The molecule has 0 unspecified atom stereocenters. The monoisotopic (exact) mass is 332 g/mol. The number of carbonyl (C=O) groups is 1. The number of rotatable bonds is 2. The second-order valence-electron chi connectivity index (χ2n) is 3.67. The lowest BCUT2D eigenvalue weighted by molar-refractivity contribution is 0.102. The molecule has 2 aromatic carbocycles. The van der Waals surface area contributed by atoms with Crippen molar-refractivity contribution in [3.8, 4) is 0 Å². The molecule has 0 bridgehead atoms. The fraction of sp³-hybridized carbons (Fsp3) is 0. The van der Waals surface area contributed by atoms with Crippen molar-refractivity contribution in [3.05, 3.63) is 69.2 Å². The molecule has 19 heavy (non-hydrogen) atoms. The summed E-state index contributed by atoms with van der Waals surface area (Å²) >= 11 is 2.85. The third-order valence-electron chi connectivity index (χ3n) is 2.43. The minimum atomic E-state index is -1.44. The maximum Gasteiger partial charge on any atom is 0.201 e. The number of hydrogen-bond donors (Lipinski definition) is 0. The van der Waals surface area contributed by atoms with Gasteiger partial charge in [0.05, 0.1) is 11.1 Å². The molecule has 0 saturated carbocycles. The third kappa shape index (κ3) is 2.53. The predicted molar refractivity (Wildman–Crippen MR) is 63.8 cm³/mol. The highest BCUT2D eigenvalue weighted by Gasteiger charge is 2.23. The Morgan fingerprint density at radius 2 is 1.53 bits per heavy atom. The molecule has 0 spiro atoms. The molecule has 0 aliphatic carbocycles. The number of ketones is 1. The standard InChI is InChI=1S/C13H5BrF4O/c14-6-4-9(16)11(10(17)5-6)13(19)7-2-1-3-8(15)12(7)18/h1-5H. The highest BCUT2D eigenvalue weighted by Crippen LogP contribution is 2.23. The molecule has 0 aliphatic heterocycles. The Balaban J connectivity index is 2.60. The lowest BCUT2D eigenvalue weighted by atomic mass is 10.0. The molecule has 0 radical (unpaired) electrons. The Kier molecular flexibility index (Phi) is 3.71. The van der Waals surface area contributed by atoms with Crippen molar-refractivity contribution in [2.45, 2.75) is 0 Å². The second-order valence-corrected chi connectivity index (χ2v) is 4.59. The first-order chi connectivity index (χ1) is 8.91. The summed E-state index contributed by atoms with van der Waals surface area (Å²) in [5.74, 6) is -6.25. The van der Waals surface area contributed by atoms with Gasteiger partial charge in [0.2, 0.25) is 5.78 Å². The van der Waals surface area contributed by atoms with Crippen LogP contribution in [-0.2, 0) is 0 Å². The lowest BCUT2D eigenvalue weighted by Crippen LogP contribution is -2.10. The molecule has 0 amide bonds. The van der Waals surface area contributed by atoms with Crippen molar-refractivity contribution in [1.82, 2.24) is 0 Å². The van der Waals surface area contributed by atoms with Crippen molar-refractivity contribution >= 4 is 21.7 Å². The van der Waals surface area contributed by atoms with Crippen molar-refractivity contribution in [2.75, 3.05) is 0 Å². The van der Waals surface area contributed by atoms with Crippen LogP contribution in [0.3, 0.4) is 0 Å². The van der Waals surface area contributed by atoms with E-state index in [0.717, 1.165) is 30.3 Å². The molecule has 1 nitrogen and oxygen atoms in total. The van der Waals surface area contributed by atoms with E-state index < -0.39 is 40.2 Å². The van der Waals surface area contributed by atoms with E-state index in [1.165, 1.54) is 0 Å². The van der Waals surface area contributed by atoms with Crippen molar-refractivity contribution < 1.29 is 22.4 Å². The molecule has 0 atom stereocenters. The van der Waals surface area contributed by atoms with E-state index >= 15 is 0 Å². The molecule has 0 heterocycles. The van der Waals surface area contributed by atoms with Gasteiger partial charge in [0.25, 0.3) is 0 Å². The van der Waals surface area contributed by atoms with E-state index in [4.69, 9.17) is 0 Å². The number of hydrogen-bond acceptors (Lipinski definition) is 1. The van der Waals surface area contributed by atoms with Gasteiger partial charge in [0.1, 0.15) is 11.6 Å². The van der Waals surface area contributed by atoms with E-state index in [1.807, 2.05) is 0 Å². The first kappa shape index (κ1) is 13.7. The highest BCUT2D eigenvalue weighted by molar-refractivity contribution is 9.10. The first-order valence-electron chi connectivity index (χ1n) is 5.05. The van der Waals surface area contributed by atoms with Crippen LogP contribution in [0.15, 0.2) is 34.8 Å². The third-order valence-corrected chi connectivity index (χ3v) is 2.89. The zero-order valence-electron chi connectivity index (χ0n) is 9.18. The summed E-state index contributed by atoms with van der Waals surface area (Å²) in [6.45, 7) is 0. The summed E-state index contributed by atoms with van der Waals surface area (Å²) in [6, 6.07) is 4.59. The van der Waals surface area contributed by atoms with Crippen LogP contribution < -0.4 is 0 Å². The topological polar surface area (TPSA) is 17.1 Å². The lowest BCUT2D eigenvalue weighted by Gasteiger charge is -2.06. The summed E-state index contributed by atoms with van der Waals surface area (Å²) in [7, 11) is 0. The average Bonchev–Trinajstić information content (AvgIpc) is 2.31. The van der Waals surface area contributed by atoms with E-state index in [2.05, 4.69) is 15.9 Å². The van der Waals surface area contributed by atoms with Gasteiger partial charge in [-0.15, -0.1) is 0 Å². The molecule has 2 aromatic rings. The molecule has 98 valence electrons. The van der Waals surface area contributed by atoms with Gasteiger partial charge in [0.15, 0.2) is 11.6 Å². The molecule has 0 N–H and O–H groups in total. The van der Waals surface area contributed by atoms with Gasteiger partial charge in [-0.3, -0.25) is 4.79 Å². The maximum absolute atomic E-state index is 13.6. The normalized spacial score (nSPS) is 10.6. The molecule has 0 aliphatic rings. The SMILES string of the molecule is O=C(c1cccc(F)c1F)c1c(F)cc(Br)cc1F. The van der Waals surface area contributed by atoms with Gasteiger partial charge in [0, 0.05) is 4.47 Å². The van der Waals surface area contributed by atoms with Crippen molar-refractivity contribution in [3.63, 3.8) is 0 Å². The maximum atomic E-state index is 13.6. The highest BCUT2D eigenvalue weighted by atomic mass is 79.9. The summed E-state index contributed by atoms with van der Waals surface area (Å²) in [6.07, 6.45) is 0. The predicted octanol–water partition coefficient (Wildman–Crippen LogP) is 4.24. The van der Waals surface area contributed by atoms with Gasteiger partial charge >= 0.3 is 0 Å². The van der Waals surface area contributed by atoms with Crippen LogP contribution in [0.4, 0.5) is 17.6 Å². The van der Waals surface area contributed by atoms with Crippen molar-refractivity contribution in [1.29, 1.82) is 0 Å². The Hall–Kier alpha value is -1.69. The fourth-order valence-electron chi connectivity index (χ4n) is 1.57. The van der Waals surface area contributed by atoms with Gasteiger partial charge in [-0.25, -0.2) is 17.6 Å².